The molecular formula is C21H23N3O5S. The van der Waals surface area contributed by atoms with Crippen LogP contribution in [0.4, 0.5) is 4.79 Å². The van der Waals surface area contributed by atoms with Gasteiger partial charge in [0.15, 0.2) is 9.84 Å². The summed E-state index contributed by atoms with van der Waals surface area (Å²) in [4.78, 5) is 39.2. The maximum absolute atomic E-state index is 13.2. The quantitative estimate of drug-likeness (QED) is 0.712. The van der Waals surface area contributed by atoms with E-state index in [2.05, 4.69) is 10.6 Å². The fourth-order valence-corrected chi connectivity index (χ4v) is 6.41. The molecule has 2 fully saturated rings. The summed E-state index contributed by atoms with van der Waals surface area (Å²) in [5, 5.41) is 7.18. The summed E-state index contributed by atoms with van der Waals surface area (Å²) < 4.78 is 23.5. The van der Waals surface area contributed by atoms with E-state index in [1.807, 2.05) is 36.4 Å². The minimum atomic E-state index is -3.20. The SMILES string of the molecule is CC1(NC(=O)CN2C(=O)NC(C)(c3cccc4ccccc34)C2=O)CCS(=O)(=O)C1. The van der Waals surface area contributed by atoms with Crippen molar-refractivity contribution in [1.29, 1.82) is 0 Å². The van der Waals surface area contributed by atoms with Crippen LogP contribution in [0.5, 0.6) is 0 Å². The van der Waals surface area contributed by atoms with Crippen molar-refractivity contribution >= 4 is 38.5 Å². The molecule has 0 spiro atoms. The van der Waals surface area contributed by atoms with Gasteiger partial charge in [0.05, 0.1) is 17.0 Å². The minimum absolute atomic E-state index is 0.00602. The summed E-state index contributed by atoms with van der Waals surface area (Å²) in [6, 6.07) is 12.4. The number of sulfone groups is 1. The lowest BCUT2D eigenvalue weighted by Crippen LogP contribution is -2.51. The second kappa shape index (κ2) is 6.80. The topological polar surface area (TPSA) is 113 Å². The van der Waals surface area contributed by atoms with Crippen LogP contribution in [-0.4, -0.2) is 54.8 Å². The molecule has 2 N–H and O–H groups in total. The standard InChI is InChI=1S/C21H23N3O5S/c1-20(10-11-30(28,29)13-20)22-17(25)12-24-18(26)21(2,23-19(24)27)16-9-5-7-14-6-3-4-8-15(14)16/h3-9H,10-13H2,1-2H3,(H,22,25)(H,23,27). The maximum atomic E-state index is 13.2. The van der Waals surface area contributed by atoms with Gasteiger partial charge in [-0.15, -0.1) is 0 Å². The molecular weight excluding hydrogens is 406 g/mol. The summed E-state index contributed by atoms with van der Waals surface area (Å²) in [7, 11) is -3.20. The Hall–Kier alpha value is -2.94. The molecule has 0 saturated carbocycles. The highest BCUT2D eigenvalue weighted by Gasteiger charge is 2.50. The molecule has 0 aromatic heterocycles. The number of hydrogen-bond acceptors (Lipinski definition) is 5. The van der Waals surface area contributed by atoms with Gasteiger partial charge in [-0.05, 0) is 36.6 Å². The number of fused-ring (bicyclic) bond motifs is 1. The third kappa shape index (κ3) is 3.43. The molecule has 2 aliphatic heterocycles. The van der Waals surface area contributed by atoms with Gasteiger partial charge in [0.1, 0.15) is 12.1 Å². The highest BCUT2D eigenvalue weighted by Crippen LogP contribution is 2.33. The average molecular weight is 429 g/mol. The van der Waals surface area contributed by atoms with Crippen molar-refractivity contribution in [3.8, 4) is 0 Å². The van der Waals surface area contributed by atoms with Gasteiger partial charge in [-0.3, -0.25) is 14.5 Å². The van der Waals surface area contributed by atoms with Crippen LogP contribution in [0.3, 0.4) is 0 Å². The van der Waals surface area contributed by atoms with Crippen LogP contribution < -0.4 is 10.6 Å². The number of amides is 4. The molecule has 2 aromatic carbocycles. The summed E-state index contributed by atoms with van der Waals surface area (Å²) in [5.74, 6) is -1.24. The number of nitrogens with zero attached hydrogens (tertiary/aromatic N) is 1. The minimum Gasteiger partial charge on any atom is -0.348 e. The molecule has 4 amide bonds. The molecule has 2 heterocycles. The van der Waals surface area contributed by atoms with Crippen LogP contribution in [0.25, 0.3) is 10.8 Å². The van der Waals surface area contributed by atoms with E-state index < -0.39 is 45.3 Å². The maximum Gasteiger partial charge on any atom is 0.325 e. The van der Waals surface area contributed by atoms with Gasteiger partial charge >= 0.3 is 6.03 Å². The number of urea groups is 1. The normalized spacial score (nSPS) is 28.0. The van der Waals surface area contributed by atoms with Crippen molar-refractivity contribution < 1.29 is 22.8 Å². The molecule has 158 valence electrons. The predicted molar refractivity (Wildman–Crippen MR) is 111 cm³/mol. The molecule has 0 aliphatic carbocycles. The highest BCUT2D eigenvalue weighted by molar-refractivity contribution is 7.91. The van der Waals surface area contributed by atoms with Gasteiger partial charge in [0.25, 0.3) is 5.91 Å². The summed E-state index contributed by atoms with van der Waals surface area (Å²) in [6.07, 6.45) is 0.301. The Kier molecular flexibility index (Phi) is 4.61. The molecule has 2 aliphatic rings. The lowest BCUT2D eigenvalue weighted by atomic mass is 9.88. The van der Waals surface area contributed by atoms with Gasteiger partial charge in [0.2, 0.25) is 5.91 Å². The lowest BCUT2D eigenvalue weighted by molar-refractivity contribution is -0.135. The first kappa shape index (κ1) is 20.3. The number of imide groups is 1. The Morgan fingerprint density at radius 3 is 2.53 bits per heavy atom. The van der Waals surface area contributed by atoms with Crippen molar-refractivity contribution in [3.05, 3.63) is 48.0 Å². The van der Waals surface area contributed by atoms with Gasteiger partial charge in [-0.25, -0.2) is 13.2 Å². The number of hydrogen-bond donors (Lipinski definition) is 2. The zero-order valence-corrected chi connectivity index (χ0v) is 17.6. The second-order valence-corrected chi connectivity index (χ2v) is 10.6. The molecule has 2 aromatic rings. The molecule has 2 saturated heterocycles. The Labute approximate surface area is 174 Å². The Bertz CT molecular complexity index is 1170. The third-order valence-corrected chi connectivity index (χ3v) is 7.75. The predicted octanol–water partition coefficient (Wildman–Crippen LogP) is 1.30. The highest BCUT2D eigenvalue weighted by atomic mass is 32.2. The van der Waals surface area contributed by atoms with Crippen LogP contribution in [0.2, 0.25) is 0 Å². The number of carbonyl (C=O) groups excluding carboxylic acids is 3. The molecule has 9 heteroatoms. The number of nitrogens with one attached hydrogen (secondary N) is 2. The van der Waals surface area contributed by atoms with Gasteiger partial charge in [-0.1, -0.05) is 42.5 Å². The molecule has 30 heavy (non-hydrogen) atoms. The molecule has 2 atom stereocenters. The van der Waals surface area contributed by atoms with Crippen LogP contribution in [-0.2, 0) is 25.0 Å². The van der Waals surface area contributed by atoms with Gasteiger partial charge in [0, 0.05) is 0 Å². The summed E-state index contributed by atoms with van der Waals surface area (Å²) in [6.45, 7) is 2.81. The van der Waals surface area contributed by atoms with Crippen LogP contribution in [0.1, 0.15) is 25.8 Å². The Morgan fingerprint density at radius 1 is 1.13 bits per heavy atom. The van der Waals surface area contributed by atoms with Crippen molar-refractivity contribution in [2.24, 2.45) is 0 Å². The number of carbonyl (C=O) groups is 3. The second-order valence-electron chi connectivity index (χ2n) is 8.42. The fourth-order valence-electron chi connectivity index (χ4n) is 4.31. The molecule has 8 nitrogen and oxygen atoms in total. The zero-order chi connectivity index (χ0) is 21.7. The van der Waals surface area contributed by atoms with E-state index in [4.69, 9.17) is 0 Å². The monoisotopic (exact) mass is 429 g/mol. The van der Waals surface area contributed by atoms with Crippen molar-refractivity contribution in [3.63, 3.8) is 0 Å². The largest absolute Gasteiger partial charge is 0.348 e. The lowest BCUT2D eigenvalue weighted by Gasteiger charge is -2.26. The summed E-state index contributed by atoms with van der Waals surface area (Å²) >= 11 is 0. The first-order valence-electron chi connectivity index (χ1n) is 9.67. The zero-order valence-electron chi connectivity index (χ0n) is 16.8. The molecule has 2 unspecified atom stereocenters. The molecule has 0 bridgehead atoms. The fraction of sp³-hybridized carbons (Fsp3) is 0.381. The average Bonchev–Trinajstić information content (AvgIpc) is 3.08. The Morgan fingerprint density at radius 2 is 1.83 bits per heavy atom. The van der Waals surface area contributed by atoms with E-state index in [0.29, 0.717) is 12.0 Å². The van der Waals surface area contributed by atoms with E-state index >= 15 is 0 Å². The Balaban J connectivity index is 1.56. The van der Waals surface area contributed by atoms with E-state index in [1.165, 1.54) is 0 Å². The van der Waals surface area contributed by atoms with Crippen molar-refractivity contribution in [2.75, 3.05) is 18.1 Å². The van der Waals surface area contributed by atoms with E-state index in [-0.39, 0.29) is 11.5 Å². The van der Waals surface area contributed by atoms with Crippen LogP contribution in [0, 0.1) is 0 Å². The van der Waals surface area contributed by atoms with Crippen molar-refractivity contribution in [1.82, 2.24) is 15.5 Å². The van der Waals surface area contributed by atoms with Gasteiger partial charge in [-0.2, -0.15) is 0 Å². The molecule has 0 radical (unpaired) electrons. The smallest absolute Gasteiger partial charge is 0.325 e. The number of benzene rings is 2. The first-order valence-corrected chi connectivity index (χ1v) is 11.5. The van der Waals surface area contributed by atoms with E-state index in [9.17, 15) is 22.8 Å². The third-order valence-electron chi connectivity index (χ3n) is 5.85. The van der Waals surface area contributed by atoms with E-state index in [0.717, 1.165) is 15.7 Å². The van der Waals surface area contributed by atoms with Crippen LogP contribution in [0.15, 0.2) is 42.5 Å². The van der Waals surface area contributed by atoms with Crippen molar-refractivity contribution in [2.45, 2.75) is 31.3 Å². The summed E-state index contributed by atoms with van der Waals surface area (Å²) in [5.41, 5.74) is -1.55. The first-order chi connectivity index (χ1) is 14.0. The molecule has 4 rings (SSSR count). The van der Waals surface area contributed by atoms with E-state index in [1.54, 1.807) is 19.9 Å². The van der Waals surface area contributed by atoms with Gasteiger partial charge < -0.3 is 10.6 Å². The van der Waals surface area contributed by atoms with Crippen LogP contribution >= 0.6 is 0 Å². The number of rotatable bonds is 4.